The molecule has 1 saturated heterocycles. The van der Waals surface area contributed by atoms with Crippen LogP contribution in [0.5, 0.6) is 5.75 Å². The van der Waals surface area contributed by atoms with E-state index in [2.05, 4.69) is 15.5 Å². The van der Waals surface area contributed by atoms with Gasteiger partial charge in [0, 0.05) is 33.7 Å². The number of carbonyl (C=O) groups is 2. The molecule has 1 aliphatic heterocycles. The summed E-state index contributed by atoms with van der Waals surface area (Å²) in [4.78, 5) is 39.7. The first kappa shape index (κ1) is 25.2. The minimum Gasteiger partial charge on any atom is -0.497 e. The largest absolute Gasteiger partial charge is 0.497 e. The minimum atomic E-state index is -0.353. The van der Waals surface area contributed by atoms with Gasteiger partial charge in [0.05, 0.1) is 42.0 Å². The number of methoxy groups -OCH3 is 1. The zero-order valence-corrected chi connectivity index (χ0v) is 21.2. The Morgan fingerprint density at radius 3 is 2.28 bits per heavy atom. The van der Waals surface area contributed by atoms with E-state index in [1.807, 2.05) is 43.3 Å². The number of rotatable bonds is 7. The summed E-state index contributed by atoms with van der Waals surface area (Å²) in [7, 11) is 5.05. The summed E-state index contributed by atoms with van der Waals surface area (Å²) in [6.45, 7) is 3.81. The molecule has 1 fully saturated rings. The highest BCUT2D eigenvalue weighted by molar-refractivity contribution is 5.98. The van der Waals surface area contributed by atoms with Gasteiger partial charge < -0.3 is 25.0 Å². The van der Waals surface area contributed by atoms with Crippen molar-refractivity contribution in [1.29, 1.82) is 0 Å². The molecule has 2 N–H and O–H groups in total. The highest BCUT2D eigenvalue weighted by atomic mass is 16.5. The predicted octanol–water partition coefficient (Wildman–Crippen LogP) is 2.99. The second kappa shape index (κ2) is 10.8. The molecule has 1 aliphatic rings. The number of carbonyl (C=O) groups excluding carboxylic acids is 2. The molecule has 1 aromatic heterocycles. The average Bonchev–Trinajstić information content (AvgIpc) is 3.10. The average molecular weight is 496 g/mol. The van der Waals surface area contributed by atoms with Crippen molar-refractivity contribution in [3.05, 3.63) is 52.4 Å². The highest BCUT2D eigenvalue weighted by Crippen LogP contribution is 2.34. The number of hydrogen-bond donors (Lipinski definition) is 2. The number of aromatic nitrogens is 2. The number of ether oxygens (including phenoxy) is 2. The SMILES string of the molecule is CCOC(=O)C1CCN(c2cc3c(cc2NC(=O)NCc2ccc(OC)cc2)n(C)c(=O)n3C)CC1. The Hall–Kier alpha value is -3.95. The van der Waals surface area contributed by atoms with Crippen molar-refractivity contribution in [3.63, 3.8) is 0 Å². The number of piperidine rings is 1. The number of hydrogen-bond acceptors (Lipinski definition) is 6. The van der Waals surface area contributed by atoms with Crippen LogP contribution in [0, 0.1) is 5.92 Å². The Morgan fingerprint density at radius 1 is 1.03 bits per heavy atom. The van der Waals surface area contributed by atoms with Crippen LogP contribution in [0.25, 0.3) is 11.0 Å². The smallest absolute Gasteiger partial charge is 0.328 e. The van der Waals surface area contributed by atoms with Gasteiger partial charge in [0.1, 0.15) is 5.75 Å². The lowest BCUT2D eigenvalue weighted by Gasteiger charge is -2.34. The van der Waals surface area contributed by atoms with Crippen LogP contribution in [0.15, 0.2) is 41.2 Å². The van der Waals surface area contributed by atoms with Crippen LogP contribution in [0.2, 0.25) is 0 Å². The third-order valence-corrected chi connectivity index (χ3v) is 6.71. The van der Waals surface area contributed by atoms with Crippen LogP contribution < -0.4 is 26.0 Å². The number of esters is 1. The molecular formula is C26H33N5O5. The second-order valence-corrected chi connectivity index (χ2v) is 8.93. The van der Waals surface area contributed by atoms with Crippen LogP contribution in [-0.4, -0.2) is 47.9 Å². The topological polar surface area (TPSA) is 107 Å². The minimum absolute atomic E-state index is 0.129. The zero-order chi connectivity index (χ0) is 25.8. The fraction of sp³-hybridized carbons (Fsp3) is 0.423. The molecule has 0 atom stereocenters. The van der Waals surface area contributed by atoms with Gasteiger partial charge in [-0.2, -0.15) is 0 Å². The van der Waals surface area contributed by atoms with E-state index in [0.717, 1.165) is 28.0 Å². The molecule has 3 aromatic rings. The molecule has 10 heteroatoms. The highest BCUT2D eigenvalue weighted by Gasteiger charge is 2.28. The summed E-state index contributed by atoms with van der Waals surface area (Å²) in [5.41, 5.74) is 3.70. The summed E-state index contributed by atoms with van der Waals surface area (Å²) in [6.07, 6.45) is 1.32. The molecule has 36 heavy (non-hydrogen) atoms. The molecule has 0 radical (unpaired) electrons. The Morgan fingerprint density at radius 2 is 1.67 bits per heavy atom. The van der Waals surface area contributed by atoms with Crippen molar-refractivity contribution < 1.29 is 19.1 Å². The van der Waals surface area contributed by atoms with E-state index in [1.165, 1.54) is 0 Å². The Balaban J connectivity index is 1.55. The first-order valence-corrected chi connectivity index (χ1v) is 12.1. The van der Waals surface area contributed by atoms with Crippen LogP contribution in [0.3, 0.4) is 0 Å². The monoisotopic (exact) mass is 495 g/mol. The number of amides is 2. The molecule has 2 amide bonds. The predicted molar refractivity (Wildman–Crippen MR) is 139 cm³/mol. The van der Waals surface area contributed by atoms with E-state index >= 15 is 0 Å². The maximum absolute atomic E-state index is 12.8. The fourth-order valence-electron chi connectivity index (χ4n) is 4.60. The van der Waals surface area contributed by atoms with Gasteiger partial charge in [-0.3, -0.25) is 13.9 Å². The lowest BCUT2D eigenvalue weighted by molar-refractivity contribution is -0.148. The Bertz CT molecular complexity index is 1300. The summed E-state index contributed by atoms with van der Waals surface area (Å²) in [5.74, 6) is 0.464. The quantitative estimate of drug-likeness (QED) is 0.488. The zero-order valence-electron chi connectivity index (χ0n) is 21.2. The van der Waals surface area contributed by atoms with Gasteiger partial charge in [-0.1, -0.05) is 12.1 Å². The number of benzene rings is 2. The number of urea groups is 1. The number of anilines is 2. The lowest BCUT2D eigenvalue weighted by atomic mass is 9.96. The Kier molecular flexibility index (Phi) is 7.52. The van der Waals surface area contributed by atoms with E-state index in [-0.39, 0.29) is 23.6 Å². The van der Waals surface area contributed by atoms with Gasteiger partial charge >= 0.3 is 17.7 Å². The van der Waals surface area contributed by atoms with Gasteiger partial charge in [-0.15, -0.1) is 0 Å². The standard InChI is InChI=1S/C26H33N5O5/c1-5-36-24(32)18-10-12-31(13-11-18)21-15-23-22(29(2)26(34)30(23)3)14-20(21)28-25(33)27-16-17-6-8-19(35-4)9-7-17/h6-9,14-15,18H,5,10-13,16H2,1-4H3,(H2,27,28,33). The van der Waals surface area contributed by atoms with Crippen molar-refractivity contribution in [2.45, 2.75) is 26.3 Å². The summed E-state index contributed by atoms with van der Waals surface area (Å²) < 4.78 is 13.5. The molecule has 0 saturated carbocycles. The Labute approximate surface area is 209 Å². The molecule has 10 nitrogen and oxygen atoms in total. The van der Waals surface area contributed by atoms with Gasteiger partial charge in [0.2, 0.25) is 0 Å². The fourth-order valence-corrected chi connectivity index (χ4v) is 4.60. The van der Waals surface area contributed by atoms with E-state index in [4.69, 9.17) is 9.47 Å². The van der Waals surface area contributed by atoms with Crippen LogP contribution in [0.1, 0.15) is 25.3 Å². The molecule has 2 heterocycles. The second-order valence-electron chi connectivity index (χ2n) is 8.93. The first-order chi connectivity index (χ1) is 17.3. The third kappa shape index (κ3) is 5.17. The van der Waals surface area contributed by atoms with Gasteiger partial charge in [-0.25, -0.2) is 9.59 Å². The number of nitrogens with one attached hydrogen (secondary N) is 2. The normalized spacial score (nSPS) is 14.1. The van der Waals surface area contributed by atoms with Crippen molar-refractivity contribution >= 4 is 34.4 Å². The molecule has 0 aliphatic carbocycles. The van der Waals surface area contributed by atoms with E-state index in [1.54, 1.807) is 30.3 Å². The van der Waals surface area contributed by atoms with Gasteiger partial charge in [-0.05, 0) is 49.6 Å². The number of imidazole rings is 1. The van der Waals surface area contributed by atoms with Crippen LogP contribution in [-0.2, 0) is 30.2 Å². The van der Waals surface area contributed by atoms with Crippen molar-refractivity contribution in [2.75, 3.05) is 37.0 Å². The third-order valence-electron chi connectivity index (χ3n) is 6.71. The summed E-state index contributed by atoms with van der Waals surface area (Å²) in [6, 6.07) is 10.9. The molecule has 2 aromatic carbocycles. The maximum atomic E-state index is 12.8. The number of fused-ring (bicyclic) bond motifs is 1. The maximum Gasteiger partial charge on any atom is 0.328 e. The first-order valence-electron chi connectivity index (χ1n) is 12.1. The number of aryl methyl sites for hydroxylation is 2. The summed E-state index contributed by atoms with van der Waals surface area (Å²) >= 11 is 0. The van der Waals surface area contributed by atoms with Crippen LogP contribution >= 0.6 is 0 Å². The van der Waals surface area contributed by atoms with Crippen molar-refractivity contribution in [2.24, 2.45) is 20.0 Å². The van der Waals surface area contributed by atoms with Crippen LogP contribution in [0.4, 0.5) is 16.2 Å². The van der Waals surface area contributed by atoms with Gasteiger partial charge in [0.15, 0.2) is 0 Å². The number of nitrogens with zero attached hydrogens (tertiary/aromatic N) is 3. The molecular weight excluding hydrogens is 462 g/mol. The molecule has 0 unspecified atom stereocenters. The molecule has 0 bridgehead atoms. The van der Waals surface area contributed by atoms with Crippen molar-refractivity contribution in [3.8, 4) is 5.75 Å². The lowest BCUT2D eigenvalue weighted by Crippen LogP contribution is -2.38. The summed E-state index contributed by atoms with van der Waals surface area (Å²) in [5, 5.41) is 5.86. The van der Waals surface area contributed by atoms with Gasteiger partial charge in [0.25, 0.3) is 0 Å². The molecule has 0 spiro atoms. The van der Waals surface area contributed by atoms with E-state index < -0.39 is 0 Å². The van der Waals surface area contributed by atoms with Crippen molar-refractivity contribution in [1.82, 2.24) is 14.5 Å². The molecule has 4 rings (SSSR count). The molecule has 192 valence electrons. The van der Waals surface area contributed by atoms with E-state index in [0.29, 0.717) is 44.8 Å². The van der Waals surface area contributed by atoms with E-state index in [9.17, 15) is 14.4 Å².